The summed E-state index contributed by atoms with van der Waals surface area (Å²) < 4.78 is 13.6. The Balaban J connectivity index is 2.81. The van der Waals surface area contributed by atoms with Crippen molar-refractivity contribution >= 4 is 11.7 Å². The molecule has 0 bridgehead atoms. The van der Waals surface area contributed by atoms with Crippen LogP contribution in [0, 0.1) is 17.1 Å². The van der Waals surface area contributed by atoms with Crippen molar-refractivity contribution in [3.63, 3.8) is 0 Å². The molecule has 5 heteroatoms. The summed E-state index contributed by atoms with van der Waals surface area (Å²) in [7, 11) is 0. The van der Waals surface area contributed by atoms with Gasteiger partial charge in [0.2, 0.25) is 0 Å². The number of carbonyl (C=O) groups is 1. The van der Waals surface area contributed by atoms with E-state index in [-0.39, 0.29) is 11.3 Å². The van der Waals surface area contributed by atoms with Gasteiger partial charge in [0.15, 0.2) is 0 Å². The molecule has 4 nitrogen and oxygen atoms in total. The standard InChI is InChI=1S/C13H15FN2O2/c1-2-3-4-12(13(17)18)16-11-6-5-9(8-15)7-10(11)14/h5-7,12,16H,2-4H2,1H3,(H,17,18)/t12-/m0/s1. The van der Waals surface area contributed by atoms with Crippen LogP contribution in [-0.2, 0) is 4.79 Å². The van der Waals surface area contributed by atoms with Gasteiger partial charge < -0.3 is 10.4 Å². The van der Waals surface area contributed by atoms with Gasteiger partial charge in [0, 0.05) is 0 Å². The second-order valence-corrected chi connectivity index (χ2v) is 3.98. The highest BCUT2D eigenvalue weighted by Gasteiger charge is 2.17. The maximum atomic E-state index is 13.6. The Bertz CT molecular complexity index is 469. The van der Waals surface area contributed by atoms with Crippen molar-refractivity contribution in [2.75, 3.05) is 5.32 Å². The van der Waals surface area contributed by atoms with Crippen LogP contribution < -0.4 is 5.32 Å². The molecule has 2 N–H and O–H groups in total. The Labute approximate surface area is 105 Å². The second kappa shape index (κ2) is 6.60. The highest BCUT2D eigenvalue weighted by molar-refractivity contribution is 5.77. The molecule has 0 radical (unpaired) electrons. The largest absolute Gasteiger partial charge is 0.480 e. The smallest absolute Gasteiger partial charge is 0.326 e. The topological polar surface area (TPSA) is 73.1 Å². The van der Waals surface area contributed by atoms with Gasteiger partial charge in [-0.15, -0.1) is 0 Å². The van der Waals surface area contributed by atoms with E-state index in [9.17, 15) is 9.18 Å². The lowest BCUT2D eigenvalue weighted by molar-refractivity contribution is -0.138. The number of benzene rings is 1. The molecule has 0 aliphatic rings. The number of carboxylic acids is 1. The summed E-state index contributed by atoms with van der Waals surface area (Å²) in [5.74, 6) is -1.62. The molecule has 0 amide bonds. The highest BCUT2D eigenvalue weighted by atomic mass is 19.1. The molecule has 0 aliphatic carbocycles. The fourth-order valence-corrected chi connectivity index (χ4v) is 1.56. The van der Waals surface area contributed by atoms with Crippen LogP contribution in [0.1, 0.15) is 31.7 Å². The van der Waals surface area contributed by atoms with Crippen molar-refractivity contribution < 1.29 is 14.3 Å². The Morgan fingerprint density at radius 2 is 2.33 bits per heavy atom. The SMILES string of the molecule is CCCC[C@H](Nc1ccc(C#N)cc1F)C(=O)O. The van der Waals surface area contributed by atoms with Crippen molar-refractivity contribution in [3.8, 4) is 6.07 Å². The number of halogens is 1. The molecule has 1 atom stereocenters. The van der Waals surface area contributed by atoms with Crippen molar-refractivity contribution in [2.45, 2.75) is 32.2 Å². The van der Waals surface area contributed by atoms with Gasteiger partial charge in [-0.3, -0.25) is 0 Å². The average Bonchev–Trinajstić information content (AvgIpc) is 2.35. The molecule has 0 aliphatic heterocycles. The zero-order valence-electron chi connectivity index (χ0n) is 10.1. The summed E-state index contributed by atoms with van der Waals surface area (Å²) in [6.45, 7) is 1.96. The predicted molar refractivity (Wildman–Crippen MR) is 65.7 cm³/mol. The quantitative estimate of drug-likeness (QED) is 0.814. The number of rotatable bonds is 6. The molecule has 1 aromatic carbocycles. The maximum Gasteiger partial charge on any atom is 0.326 e. The Morgan fingerprint density at radius 3 is 2.83 bits per heavy atom. The second-order valence-electron chi connectivity index (χ2n) is 3.98. The lowest BCUT2D eigenvalue weighted by atomic mass is 10.1. The first-order chi connectivity index (χ1) is 8.58. The van der Waals surface area contributed by atoms with Crippen LogP contribution in [0.2, 0.25) is 0 Å². The molecular formula is C13H15FN2O2. The van der Waals surface area contributed by atoms with Crippen LogP contribution in [0.4, 0.5) is 10.1 Å². The highest BCUT2D eigenvalue weighted by Crippen LogP contribution is 2.18. The zero-order chi connectivity index (χ0) is 13.5. The molecule has 0 saturated carbocycles. The van der Waals surface area contributed by atoms with Crippen LogP contribution in [0.15, 0.2) is 18.2 Å². The van der Waals surface area contributed by atoms with E-state index in [2.05, 4.69) is 5.32 Å². The summed E-state index contributed by atoms with van der Waals surface area (Å²) >= 11 is 0. The van der Waals surface area contributed by atoms with E-state index in [4.69, 9.17) is 10.4 Å². The number of carboxylic acid groups (broad SMARTS) is 1. The average molecular weight is 250 g/mol. The van der Waals surface area contributed by atoms with E-state index in [1.165, 1.54) is 12.1 Å². The molecule has 0 unspecified atom stereocenters. The van der Waals surface area contributed by atoms with Gasteiger partial charge in [0.25, 0.3) is 0 Å². The third-order valence-electron chi connectivity index (χ3n) is 2.57. The van der Waals surface area contributed by atoms with E-state index < -0.39 is 17.8 Å². The number of hydrogen-bond acceptors (Lipinski definition) is 3. The van der Waals surface area contributed by atoms with Crippen molar-refractivity contribution in [1.29, 1.82) is 5.26 Å². The van der Waals surface area contributed by atoms with Gasteiger partial charge in [-0.1, -0.05) is 19.8 Å². The third kappa shape index (κ3) is 3.74. The molecule has 1 aromatic rings. The van der Waals surface area contributed by atoms with E-state index in [0.717, 1.165) is 18.9 Å². The number of hydrogen-bond donors (Lipinski definition) is 2. The van der Waals surface area contributed by atoms with Gasteiger partial charge in [-0.05, 0) is 24.6 Å². The molecule has 1 rings (SSSR count). The normalized spacial score (nSPS) is 11.6. The molecule has 18 heavy (non-hydrogen) atoms. The zero-order valence-corrected chi connectivity index (χ0v) is 10.1. The van der Waals surface area contributed by atoms with Crippen molar-refractivity contribution in [2.24, 2.45) is 0 Å². The molecule has 96 valence electrons. The minimum absolute atomic E-state index is 0.109. The fraction of sp³-hybridized carbons (Fsp3) is 0.385. The van der Waals surface area contributed by atoms with Crippen LogP contribution in [0.3, 0.4) is 0 Å². The maximum absolute atomic E-state index is 13.6. The molecule has 0 fully saturated rings. The van der Waals surface area contributed by atoms with E-state index >= 15 is 0 Å². The Hall–Kier alpha value is -2.09. The summed E-state index contributed by atoms with van der Waals surface area (Å²) in [4.78, 5) is 11.0. The number of anilines is 1. The van der Waals surface area contributed by atoms with Crippen LogP contribution in [0.25, 0.3) is 0 Å². The molecular weight excluding hydrogens is 235 g/mol. The van der Waals surface area contributed by atoms with Crippen LogP contribution >= 0.6 is 0 Å². The Kier molecular flexibility index (Phi) is 5.12. The van der Waals surface area contributed by atoms with E-state index in [1.807, 2.05) is 13.0 Å². The molecule has 0 spiro atoms. The third-order valence-corrected chi connectivity index (χ3v) is 2.57. The van der Waals surface area contributed by atoms with Crippen molar-refractivity contribution in [3.05, 3.63) is 29.6 Å². The first-order valence-corrected chi connectivity index (χ1v) is 5.77. The summed E-state index contributed by atoms with van der Waals surface area (Å²) in [5, 5.41) is 20.3. The molecule has 0 aromatic heterocycles. The number of aliphatic carboxylic acids is 1. The van der Waals surface area contributed by atoms with E-state index in [0.29, 0.717) is 6.42 Å². The van der Waals surface area contributed by atoms with Gasteiger partial charge in [0.1, 0.15) is 11.9 Å². The first-order valence-electron chi connectivity index (χ1n) is 5.77. The fourth-order valence-electron chi connectivity index (χ4n) is 1.56. The monoisotopic (exact) mass is 250 g/mol. The number of unbranched alkanes of at least 4 members (excludes halogenated alkanes) is 1. The van der Waals surface area contributed by atoms with Gasteiger partial charge in [0.05, 0.1) is 17.3 Å². The lowest BCUT2D eigenvalue weighted by Crippen LogP contribution is -2.29. The minimum atomic E-state index is -1.01. The van der Waals surface area contributed by atoms with Crippen molar-refractivity contribution in [1.82, 2.24) is 0 Å². The number of nitriles is 1. The summed E-state index contributed by atoms with van der Waals surface area (Å²) in [6, 6.07) is 4.93. The van der Waals surface area contributed by atoms with Gasteiger partial charge >= 0.3 is 5.97 Å². The minimum Gasteiger partial charge on any atom is -0.480 e. The van der Waals surface area contributed by atoms with Crippen LogP contribution in [-0.4, -0.2) is 17.1 Å². The van der Waals surface area contributed by atoms with Gasteiger partial charge in [-0.2, -0.15) is 5.26 Å². The van der Waals surface area contributed by atoms with Gasteiger partial charge in [-0.25, -0.2) is 9.18 Å². The number of nitrogens with one attached hydrogen (secondary N) is 1. The number of nitrogens with zero attached hydrogens (tertiary/aromatic N) is 1. The first kappa shape index (κ1) is 14.0. The predicted octanol–water partition coefficient (Wildman–Crippen LogP) is 2.75. The molecule has 0 heterocycles. The summed E-state index contributed by atoms with van der Waals surface area (Å²) in [6.07, 6.45) is 2.06. The van der Waals surface area contributed by atoms with Crippen LogP contribution in [0.5, 0.6) is 0 Å². The molecule has 0 saturated heterocycles. The van der Waals surface area contributed by atoms with E-state index in [1.54, 1.807) is 0 Å². The lowest BCUT2D eigenvalue weighted by Gasteiger charge is -2.15. The summed E-state index contributed by atoms with van der Waals surface area (Å²) in [5.41, 5.74) is 0.316. The Morgan fingerprint density at radius 1 is 1.61 bits per heavy atom.